The first kappa shape index (κ1) is 22.6. The fraction of sp³-hybridized carbons (Fsp3) is 0.852. The number of ketones is 1. The van der Waals surface area contributed by atoms with E-state index in [0.717, 1.165) is 45.1 Å². The van der Waals surface area contributed by atoms with Gasteiger partial charge in [-0.25, -0.2) is 4.39 Å². The van der Waals surface area contributed by atoms with Gasteiger partial charge >= 0.3 is 0 Å². The average Bonchev–Trinajstić information content (AvgIpc) is 3.02. The molecule has 32 heavy (non-hydrogen) atoms. The van der Waals surface area contributed by atoms with Gasteiger partial charge < -0.3 is 4.84 Å². The Morgan fingerprint density at radius 3 is 2.72 bits per heavy atom. The first-order valence-corrected chi connectivity index (χ1v) is 13.1. The van der Waals surface area contributed by atoms with E-state index in [9.17, 15) is 9.18 Å². The number of hydrogen-bond donors (Lipinski definition) is 0. The van der Waals surface area contributed by atoms with Crippen molar-refractivity contribution in [3.63, 3.8) is 0 Å². The summed E-state index contributed by atoms with van der Waals surface area (Å²) in [6, 6.07) is 0. The predicted molar refractivity (Wildman–Crippen MR) is 125 cm³/mol. The fourth-order valence-electron chi connectivity index (χ4n) is 8.37. The van der Waals surface area contributed by atoms with Gasteiger partial charge in [0.05, 0.1) is 5.71 Å². The highest BCUT2D eigenvalue weighted by molar-refractivity contribution is 5.91. The van der Waals surface area contributed by atoms with E-state index in [1.807, 2.05) is 6.92 Å². The molecule has 178 valence electrons. The van der Waals surface area contributed by atoms with Crippen molar-refractivity contribution < 1.29 is 14.0 Å². The molecular weight excluding hydrogens is 403 g/mol. The number of carbonyl (C=O) groups excluding carboxylic acids is 1. The lowest BCUT2D eigenvalue weighted by Crippen LogP contribution is -2.54. The first-order valence-electron chi connectivity index (χ1n) is 13.1. The Labute approximate surface area is 193 Å². The lowest BCUT2D eigenvalue weighted by Gasteiger charge is -2.60. The van der Waals surface area contributed by atoms with Gasteiger partial charge in [-0.3, -0.25) is 9.69 Å². The summed E-state index contributed by atoms with van der Waals surface area (Å²) in [6.45, 7) is 13.0. The normalized spacial score (nSPS) is 46.0. The van der Waals surface area contributed by atoms with Crippen LogP contribution in [0.1, 0.15) is 78.1 Å². The van der Waals surface area contributed by atoms with Gasteiger partial charge in [-0.2, -0.15) is 0 Å². The van der Waals surface area contributed by atoms with Gasteiger partial charge in [-0.15, -0.1) is 0 Å². The molecule has 0 amide bonds. The van der Waals surface area contributed by atoms with E-state index >= 15 is 0 Å². The smallest absolute Gasteiger partial charge is 0.173 e. The minimum absolute atomic E-state index is 0.126. The van der Waals surface area contributed by atoms with Crippen molar-refractivity contribution in [2.75, 3.05) is 26.2 Å². The predicted octanol–water partition coefficient (Wildman–Crippen LogP) is 5.57. The van der Waals surface area contributed by atoms with Crippen LogP contribution in [0.4, 0.5) is 4.39 Å². The topological polar surface area (TPSA) is 41.9 Å². The number of alkyl halides is 1. The van der Waals surface area contributed by atoms with Crippen molar-refractivity contribution in [1.82, 2.24) is 4.90 Å². The maximum Gasteiger partial charge on any atom is 0.173 e. The van der Waals surface area contributed by atoms with E-state index < -0.39 is 11.6 Å². The van der Waals surface area contributed by atoms with Crippen LogP contribution in [-0.2, 0) is 9.63 Å². The van der Waals surface area contributed by atoms with Crippen molar-refractivity contribution in [3.05, 3.63) is 12.2 Å². The number of Topliss-reactive ketones (excluding diaryl/α,β-unsaturated/α-hetero) is 1. The Bertz CT molecular complexity index is 791. The van der Waals surface area contributed by atoms with Crippen molar-refractivity contribution in [1.29, 1.82) is 0 Å². The zero-order valence-corrected chi connectivity index (χ0v) is 20.1. The lowest BCUT2D eigenvalue weighted by atomic mass is 9.44. The second-order valence-electron chi connectivity index (χ2n) is 11.9. The molecule has 7 atom stereocenters. The SMILES string of the molecule is C=C1CC2C(CC[C@]3(C)C(=O)C(F)CC23)[C@@]2(C)CC/C(=N\OCCN3CCCCC3)CC12. The summed E-state index contributed by atoms with van der Waals surface area (Å²) in [4.78, 5) is 20.9. The molecule has 5 aliphatic rings. The van der Waals surface area contributed by atoms with E-state index in [4.69, 9.17) is 4.84 Å². The van der Waals surface area contributed by atoms with Gasteiger partial charge in [-0.05, 0) is 100.0 Å². The summed E-state index contributed by atoms with van der Waals surface area (Å²) in [5, 5.41) is 4.57. The van der Waals surface area contributed by atoms with Crippen molar-refractivity contribution in [2.45, 2.75) is 84.2 Å². The molecule has 1 heterocycles. The van der Waals surface area contributed by atoms with E-state index in [-0.39, 0.29) is 17.1 Å². The van der Waals surface area contributed by atoms with Crippen LogP contribution in [0.15, 0.2) is 17.3 Å². The molecule has 4 saturated carbocycles. The lowest BCUT2D eigenvalue weighted by molar-refractivity contribution is -0.136. The van der Waals surface area contributed by atoms with Gasteiger partial charge in [-0.1, -0.05) is 37.6 Å². The first-order chi connectivity index (χ1) is 15.3. The van der Waals surface area contributed by atoms with Crippen molar-refractivity contribution in [2.24, 2.45) is 39.7 Å². The number of allylic oxidation sites excluding steroid dienone is 1. The molecule has 5 fully saturated rings. The number of carbonyl (C=O) groups is 1. The second-order valence-corrected chi connectivity index (χ2v) is 11.9. The monoisotopic (exact) mass is 444 g/mol. The summed E-state index contributed by atoms with van der Waals surface area (Å²) >= 11 is 0. The number of nitrogens with zero attached hydrogens (tertiary/aromatic N) is 2. The van der Waals surface area contributed by atoms with E-state index in [1.54, 1.807) is 0 Å². The summed E-state index contributed by atoms with van der Waals surface area (Å²) in [7, 11) is 0. The third-order valence-electron chi connectivity index (χ3n) is 10.3. The average molecular weight is 445 g/mol. The zero-order chi connectivity index (χ0) is 22.5. The Morgan fingerprint density at radius 1 is 1.16 bits per heavy atom. The molecule has 4 nitrogen and oxygen atoms in total. The quantitative estimate of drug-likeness (QED) is 0.323. The van der Waals surface area contributed by atoms with Crippen LogP contribution in [0.25, 0.3) is 0 Å². The number of rotatable bonds is 4. The molecule has 1 saturated heterocycles. The summed E-state index contributed by atoms with van der Waals surface area (Å²) in [5.41, 5.74) is 2.22. The maximum absolute atomic E-state index is 14.5. The number of halogens is 1. The Morgan fingerprint density at radius 2 is 1.94 bits per heavy atom. The van der Waals surface area contributed by atoms with Gasteiger partial charge in [0, 0.05) is 12.0 Å². The summed E-state index contributed by atoms with van der Waals surface area (Å²) in [6.07, 6.45) is 9.04. The van der Waals surface area contributed by atoms with Crippen LogP contribution in [0.2, 0.25) is 0 Å². The van der Waals surface area contributed by atoms with Crippen LogP contribution in [0.5, 0.6) is 0 Å². The second kappa shape index (κ2) is 8.52. The van der Waals surface area contributed by atoms with Crippen molar-refractivity contribution >= 4 is 11.5 Å². The van der Waals surface area contributed by atoms with E-state index in [2.05, 4.69) is 23.6 Å². The minimum atomic E-state index is -1.25. The number of piperidine rings is 1. The molecule has 5 heteroatoms. The molecule has 0 N–H and O–H groups in total. The van der Waals surface area contributed by atoms with Crippen LogP contribution >= 0.6 is 0 Å². The van der Waals surface area contributed by atoms with Gasteiger partial charge in [0.1, 0.15) is 6.61 Å². The molecule has 0 spiro atoms. The molecule has 5 rings (SSSR count). The third-order valence-corrected chi connectivity index (χ3v) is 10.3. The number of hydrogen-bond acceptors (Lipinski definition) is 4. The zero-order valence-electron chi connectivity index (χ0n) is 20.1. The highest BCUT2D eigenvalue weighted by Crippen LogP contribution is 2.66. The third kappa shape index (κ3) is 3.67. The Kier molecular flexibility index (Phi) is 6.01. The Hall–Kier alpha value is -1.23. The van der Waals surface area contributed by atoms with Crippen LogP contribution in [-0.4, -0.2) is 48.8 Å². The van der Waals surface area contributed by atoms with Crippen LogP contribution in [0, 0.1) is 34.5 Å². The summed E-state index contributed by atoms with van der Waals surface area (Å²) < 4.78 is 14.5. The standard InChI is InChI=1S/C27H41FN2O2/c1-18-15-20-21(8-10-27(3)23(20)17-24(28)25(27)31)26(2)9-7-19(16-22(18)26)29-32-14-13-30-11-5-4-6-12-30/h20-24H,1,4-17H2,2-3H3/b29-19+/t20?,21?,22?,23?,24?,26-,27+/m1/s1. The number of likely N-dealkylation sites (tertiary alicyclic amines) is 1. The molecular formula is C27H41FN2O2. The molecule has 0 bridgehead atoms. The van der Waals surface area contributed by atoms with Crippen molar-refractivity contribution in [3.8, 4) is 0 Å². The Balaban J connectivity index is 1.24. The number of oxime groups is 1. The van der Waals surface area contributed by atoms with Gasteiger partial charge in [0.2, 0.25) is 0 Å². The number of fused-ring (bicyclic) bond motifs is 5. The van der Waals surface area contributed by atoms with Crippen LogP contribution < -0.4 is 0 Å². The van der Waals surface area contributed by atoms with Gasteiger partial charge in [0.25, 0.3) is 0 Å². The molecule has 0 aromatic rings. The fourth-order valence-corrected chi connectivity index (χ4v) is 8.37. The van der Waals surface area contributed by atoms with E-state index in [1.165, 1.54) is 43.6 Å². The van der Waals surface area contributed by atoms with E-state index in [0.29, 0.717) is 30.8 Å². The summed E-state index contributed by atoms with van der Waals surface area (Å²) in [5.74, 6) is 1.47. The molecule has 0 aromatic carbocycles. The van der Waals surface area contributed by atoms with Crippen LogP contribution in [0.3, 0.4) is 0 Å². The molecule has 0 radical (unpaired) electrons. The van der Waals surface area contributed by atoms with Gasteiger partial charge in [0.15, 0.2) is 12.0 Å². The largest absolute Gasteiger partial charge is 0.394 e. The molecule has 0 aromatic heterocycles. The molecule has 5 unspecified atom stereocenters. The minimum Gasteiger partial charge on any atom is -0.394 e. The molecule has 4 aliphatic carbocycles. The molecule has 1 aliphatic heterocycles. The highest BCUT2D eigenvalue weighted by atomic mass is 19.1. The highest BCUT2D eigenvalue weighted by Gasteiger charge is 2.63. The maximum atomic E-state index is 14.5.